The Hall–Kier alpha value is -0.433. The quantitative estimate of drug-likeness (QED) is 0.387. The van der Waals surface area contributed by atoms with Crippen molar-refractivity contribution in [2.75, 3.05) is 0 Å². The molecule has 0 radical (unpaired) electrons. The average molecular weight is 123 g/mol. The Morgan fingerprint density at radius 2 is 1.62 bits per heavy atom. The zero-order valence-electron chi connectivity index (χ0n) is 5.39. The van der Waals surface area contributed by atoms with Gasteiger partial charge in [0.2, 0.25) is 0 Å². The van der Waals surface area contributed by atoms with Crippen LogP contribution in [0, 0.1) is 0 Å². The molecule has 0 heterocycles. The summed E-state index contributed by atoms with van der Waals surface area (Å²) >= 11 is 0. The summed E-state index contributed by atoms with van der Waals surface area (Å²) in [7, 11) is -0.480. The molecule has 0 bridgehead atoms. The van der Waals surface area contributed by atoms with Gasteiger partial charge >= 0.3 is 0 Å². The second kappa shape index (κ2) is 2.22. The van der Waals surface area contributed by atoms with Crippen LogP contribution in [0.25, 0.3) is 0 Å². The molecule has 0 nitrogen and oxygen atoms in total. The van der Waals surface area contributed by atoms with Crippen LogP contribution in [0.3, 0.4) is 0 Å². The first-order valence-electron chi connectivity index (χ1n) is 3.02. The molecule has 1 rings (SSSR count). The summed E-state index contributed by atoms with van der Waals surface area (Å²) in [5, 5.41) is 1.57. The van der Waals surface area contributed by atoms with Gasteiger partial charge in [0.05, 0.1) is 0 Å². The zero-order chi connectivity index (χ0) is 5.98. The van der Waals surface area contributed by atoms with Crippen molar-refractivity contribution in [3.63, 3.8) is 0 Å². The van der Waals surface area contributed by atoms with Crippen molar-refractivity contribution in [1.82, 2.24) is 0 Å². The first kappa shape index (κ1) is 5.70. The first-order chi connectivity index (χ1) is 3.80. The molecule has 44 valence electrons. The third-order valence-electron chi connectivity index (χ3n) is 1.36. The molecule has 1 aromatic carbocycles. The molecule has 0 spiro atoms. The second-order valence-corrected chi connectivity index (χ2v) is 5.35. The summed E-state index contributed by atoms with van der Waals surface area (Å²) < 4.78 is 0. The highest BCUT2D eigenvalue weighted by Crippen LogP contribution is 1.86. The highest BCUT2D eigenvalue weighted by Gasteiger charge is 1.88. The molecule has 0 aliphatic heterocycles. The summed E-state index contributed by atoms with van der Waals surface area (Å²) in [5.41, 5.74) is 0. The van der Waals surface area contributed by atoms with Crippen LogP contribution in [-0.2, 0) is 0 Å². The van der Waals surface area contributed by atoms with E-state index in [0.717, 1.165) is 0 Å². The SMILES string of the molecule is C[SiH](C)[c-]1cccc1. The molecule has 0 N–H and O–H groups in total. The average Bonchev–Trinajstić information content (AvgIpc) is 2.12. The lowest BCUT2D eigenvalue weighted by Gasteiger charge is -2.02. The lowest BCUT2D eigenvalue weighted by atomic mass is 10.7. The van der Waals surface area contributed by atoms with Gasteiger partial charge in [-0.1, -0.05) is 13.1 Å². The van der Waals surface area contributed by atoms with Crippen molar-refractivity contribution in [3.05, 3.63) is 24.3 Å². The minimum absolute atomic E-state index is 0.480. The number of hydrogen-bond acceptors (Lipinski definition) is 0. The maximum atomic E-state index is 2.34. The third kappa shape index (κ3) is 1.04. The van der Waals surface area contributed by atoms with Gasteiger partial charge in [-0.05, 0) is 0 Å². The van der Waals surface area contributed by atoms with Crippen LogP contribution in [0.2, 0.25) is 13.1 Å². The second-order valence-electron chi connectivity index (χ2n) is 2.37. The minimum Gasteiger partial charge on any atom is -0.214 e. The zero-order valence-corrected chi connectivity index (χ0v) is 6.54. The smallest absolute Gasteiger partial charge is 0.00103 e. The summed E-state index contributed by atoms with van der Waals surface area (Å²) in [5.74, 6) is 0. The van der Waals surface area contributed by atoms with Gasteiger partial charge in [-0.25, -0.2) is 12.1 Å². The van der Waals surface area contributed by atoms with E-state index >= 15 is 0 Å². The molecule has 8 heavy (non-hydrogen) atoms. The van der Waals surface area contributed by atoms with Gasteiger partial charge in [0.1, 0.15) is 0 Å². The van der Waals surface area contributed by atoms with E-state index in [0.29, 0.717) is 0 Å². The predicted molar refractivity (Wildman–Crippen MR) is 40.5 cm³/mol. The Labute approximate surface area is 52.1 Å². The molecule has 0 atom stereocenters. The summed E-state index contributed by atoms with van der Waals surface area (Å²) in [6.07, 6.45) is 0. The maximum Gasteiger partial charge on any atom is 0.00103 e. The molecule has 1 aromatic rings. The van der Waals surface area contributed by atoms with E-state index in [4.69, 9.17) is 0 Å². The summed E-state index contributed by atoms with van der Waals surface area (Å²) in [4.78, 5) is 0. The standard InChI is InChI=1S/C7H11Si/c1-8(2)7-5-3-4-6-7/h3-6,8H,1-2H3/q-1. The van der Waals surface area contributed by atoms with Gasteiger partial charge in [0, 0.05) is 8.80 Å². The Kier molecular flexibility index (Phi) is 1.58. The van der Waals surface area contributed by atoms with E-state index in [2.05, 4.69) is 37.4 Å². The summed E-state index contributed by atoms with van der Waals surface area (Å²) in [6.45, 7) is 4.69. The van der Waals surface area contributed by atoms with Crippen molar-refractivity contribution < 1.29 is 0 Å². The molecule has 0 aliphatic rings. The Morgan fingerprint density at radius 3 is 1.88 bits per heavy atom. The van der Waals surface area contributed by atoms with Crippen molar-refractivity contribution >= 4 is 14.0 Å². The van der Waals surface area contributed by atoms with Gasteiger partial charge in [0.25, 0.3) is 0 Å². The lowest BCUT2D eigenvalue weighted by Crippen LogP contribution is -2.19. The number of hydrogen-bond donors (Lipinski definition) is 0. The molecule has 0 amide bonds. The molecular formula is C7H11Si-. The topological polar surface area (TPSA) is 0 Å². The molecule has 0 unspecified atom stereocenters. The van der Waals surface area contributed by atoms with Gasteiger partial charge in [-0.3, -0.25) is 0 Å². The van der Waals surface area contributed by atoms with Gasteiger partial charge in [0.15, 0.2) is 0 Å². The van der Waals surface area contributed by atoms with Crippen LogP contribution in [0.15, 0.2) is 24.3 Å². The van der Waals surface area contributed by atoms with Crippen molar-refractivity contribution in [1.29, 1.82) is 0 Å². The lowest BCUT2D eigenvalue weighted by molar-refractivity contribution is 1.95. The van der Waals surface area contributed by atoms with E-state index in [1.807, 2.05) is 0 Å². The summed E-state index contributed by atoms with van der Waals surface area (Å²) in [6, 6.07) is 8.67. The van der Waals surface area contributed by atoms with Gasteiger partial charge in [-0.15, -0.1) is 0 Å². The van der Waals surface area contributed by atoms with Crippen LogP contribution < -0.4 is 5.19 Å². The molecule has 0 saturated carbocycles. The molecule has 0 aromatic heterocycles. The van der Waals surface area contributed by atoms with E-state index < -0.39 is 8.80 Å². The first-order valence-corrected chi connectivity index (χ1v) is 5.91. The highest BCUT2D eigenvalue weighted by atomic mass is 28.3. The van der Waals surface area contributed by atoms with Crippen LogP contribution in [0.4, 0.5) is 0 Å². The molecular weight excluding hydrogens is 112 g/mol. The van der Waals surface area contributed by atoms with Crippen LogP contribution in [0.5, 0.6) is 0 Å². The maximum absolute atomic E-state index is 2.34. The monoisotopic (exact) mass is 123 g/mol. The number of rotatable bonds is 1. The minimum atomic E-state index is -0.480. The Bertz CT molecular complexity index is 139. The molecule has 0 saturated heterocycles. The predicted octanol–water partition coefficient (Wildman–Crippen LogP) is 1.10. The fourth-order valence-electron chi connectivity index (χ4n) is 0.774. The fraction of sp³-hybridized carbons (Fsp3) is 0.286. The normalized spacial score (nSPS) is 10.4. The van der Waals surface area contributed by atoms with E-state index in [1.165, 1.54) is 0 Å². The van der Waals surface area contributed by atoms with Crippen molar-refractivity contribution in [3.8, 4) is 0 Å². The van der Waals surface area contributed by atoms with Crippen molar-refractivity contribution in [2.24, 2.45) is 0 Å². The Balaban J connectivity index is 2.77. The third-order valence-corrected chi connectivity index (χ3v) is 3.07. The largest absolute Gasteiger partial charge is 0.214 e. The van der Waals surface area contributed by atoms with Crippen molar-refractivity contribution in [2.45, 2.75) is 13.1 Å². The van der Waals surface area contributed by atoms with Gasteiger partial charge < -0.3 is 0 Å². The molecule has 0 fully saturated rings. The molecule has 1 heteroatoms. The highest BCUT2D eigenvalue weighted by molar-refractivity contribution is 6.70. The Morgan fingerprint density at radius 1 is 1.12 bits per heavy atom. The van der Waals surface area contributed by atoms with Gasteiger partial charge in [-0.2, -0.15) is 17.3 Å². The van der Waals surface area contributed by atoms with E-state index in [-0.39, 0.29) is 0 Å². The van der Waals surface area contributed by atoms with Crippen LogP contribution in [0.1, 0.15) is 0 Å². The van der Waals surface area contributed by atoms with E-state index in [9.17, 15) is 0 Å². The van der Waals surface area contributed by atoms with E-state index in [1.54, 1.807) is 5.19 Å². The van der Waals surface area contributed by atoms with Crippen LogP contribution >= 0.6 is 0 Å². The van der Waals surface area contributed by atoms with Crippen LogP contribution in [-0.4, -0.2) is 8.80 Å². The molecule has 0 aliphatic carbocycles. The fourth-order valence-corrected chi connectivity index (χ4v) is 1.77.